The van der Waals surface area contributed by atoms with E-state index in [0.29, 0.717) is 10.6 Å². The maximum absolute atomic E-state index is 11.3. The Morgan fingerprint density at radius 1 is 1.57 bits per heavy atom. The summed E-state index contributed by atoms with van der Waals surface area (Å²) in [7, 11) is 0. The van der Waals surface area contributed by atoms with E-state index in [4.69, 9.17) is 16.3 Å². The van der Waals surface area contributed by atoms with Crippen LogP contribution in [0.15, 0.2) is 12.1 Å². The van der Waals surface area contributed by atoms with Gasteiger partial charge in [0.1, 0.15) is 11.3 Å². The van der Waals surface area contributed by atoms with Crippen LogP contribution in [0.2, 0.25) is 5.02 Å². The predicted octanol–water partition coefficient (Wildman–Crippen LogP) is 2.53. The van der Waals surface area contributed by atoms with Gasteiger partial charge in [-0.05, 0) is 31.5 Å². The molecule has 4 heteroatoms. The molecule has 1 rings (SSSR count). The molecule has 1 N–H and O–H groups in total. The highest BCUT2D eigenvalue weighted by Gasteiger charge is 2.14. The van der Waals surface area contributed by atoms with E-state index in [1.54, 1.807) is 19.9 Å². The van der Waals surface area contributed by atoms with Crippen molar-refractivity contribution in [1.29, 1.82) is 0 Å². The van der Waals surface area contributed by atoms with Crippen molar-refractivity contribution in [1.82, 2.24) is 0 Å². The SMILES string of the molecule is CCOC(=O)c1cc(Cl)cc(C)c1O. The minimum Gasteiger partial charge on any atom is -0.507 e. The number of phenols is 1. The Hall–Kier alpha value is -1.22. The molecule has 0 saturated carbocycles. The molecule has 0 amide bonds. The second-order valence-corrected chi connectivity index (χ2v) is 3.28. The molecule has 0 aliphatic heterocycles. The molecule has 0 heterocycles. The highest BCUT2D eigenvalue weighted by atomic mass is 35.5. The molecular weight excluding hydrogens is 204 g/mol. The van der Waals surface area contributed by atoms with Gasteiger partial charge in [0.25, 0.3) is 0 Å². The van der Waals surface area contributed by atoms with Crippen molar-refractivity contribution in [2.75, 3.05) is 6.61 Å². The minimum absolute atomic E-state index is 0.0761. The number of aromatic hydroxyl groups is 1. The molecule has 0 unspecified atom stereocenters. The van der Waals surface area contributed by atoms with E-state index in [-0.39, 0.29) is 17.9 Å². The quantitative estimate of drug-likeness (QED) is 0.770. The number of phenolic OH excluding ortho intramolecular Hbond substituents is 1. The van der Waals surface area contributed by atoms with Gasteiger partial charge in [-0.2, -0.15) is 0 Å². The fraction of sp³-hybridized carbons (Fsp3) is 0.300. The van der Waals surface area contributed by atoms with E-state index >= 15 is 0 Å². The van der Waals surface area contributed by atoms with Gasteiger partial charge in [0.05, 0.1) is 6.61 Å². The molecule has 0 saturated heterocycles. The fourth-order valence-electron chi connectivity index (χ4n) is 1.10. The summed E-state index contributed by atoms with van der Waals surface area (Å²) in [5.41, 5.74) is 0.664. The molecule has 1 aromatic carbocycles. The van der Waals surface area contributed by atoms with Crippen molar-refractivity contribution < 1.29 is 14.6 Å². The van der Waals surface area contributed by atoms with E-state index in [1.807, 2.05) is 0 Å². The summed E-state index contributed by atoms with van der Waals surface area (Å²) >= 11 is 5.75. The van der Waals surface area contributed by atoms with Crippen molar-refractivity contribution >= 4 is 17.6 Å². The van der Waals surface area contributed by atoms with E-state index in [2.05, 4.69) is 0 Å². The van der Waals surface area contributed by atoms with Crippen LogP contribution >= 0.6 is 11.6 Å². The zero-order valence-electron chi connectivity index (χ0n) is 8.00. The average Bonchev–Trinajstić information content (AvgIpc) is 2.11. The van der Waals surface area contributed by atoms with Gasteiger partial charge in [-0.1, -0.05) is 11.6 Å². The highest BCUT2D eigenvalue weighted by molar-refractivity contribution is 6.31. The molecule has 0 atom stereocenters. The molecule has 3 nitrogen and oxygen atoms in total. The van der Waals surface area contributed by atoms with E-state index in [1.165, 1.54) is 6.07 Å². The third-order valence-electron chi connectivity index (χ3n) is 1.76. The summed E-state index contributed by atoms with van der Waals surface area (Å²) in [6.07, 6.45) is 0. The van der Waals surface area contributed by atoms with Crippen molar-refractivity contribution in [2.24, 2.45) is 0 Å². The molecule has 1 aromatic rings. The number of benzene rings is 1. The van der Waals surface area contributed by atoms with Crippen LogP contribution in [0.4, 0.5) is 0 Å². The third-order valence-corrected chi connectivity index (χ3v) is 1.98. The topological polar surface area (TPSA) is 46.5 Å². The molecule has 0 aromatic heterocycles. The standard InChI is InChI=1S/C10H11ClO3/c1-3-14-10(13)8-5-7(11)4-6(2)9(8)12/h4-5,12H,3H2,1-2H3. The van der Waals surface area contributed by atoms with Crippen molar-refractivity contribution in [3.8, 4) is 5.75 Å². The van der Waals surface area contributed by atoms with Crippen molar-refractivity contribution in [2.45, 2.75) is 13.8 Å². The Bertz CT molecular complexity index is 361. The van der Waals surface area contributed by atoms with Crippen LogP contribution in [0.25, 0.3) is 0 Å². The van der Waals surface area contributed by atoms with Crippen LogP contribution in [-0.4, -0.2) is 17.7 Å². The number of rotatable bonds is 2. The maximum atomic E-state index is 11.3. The van der Waals surface area contributed by atoms with Crippen molar-refractivity contribution in [3.63, 3.8) is 0 Å². The van der Waals surface area contributed by atoms with Gasteiger partial charge in [0.15, 0.2) is 0 Å². The molecular formula is C10H11ClO3. The number of carbonyl (C=O) groups excluding carboxylic acids is 1. The monoisotopic (exact) mass is 214 g/mol. The molecule has 0 fully saturated rings. The lowest BCUT2D eigenvalue weighted by Gasteiger charge is -2.06. The molecule has 0 aliphatic carbocycles. The molecule has 14 heavy (non-hydrogen) atoms. The number of hydrogen-bond donors (Lipinski definition) is 1. The second kappa shape index (κ2) is 4.33. The Labute approximate surface area is 87.3 Å². The number of carbonyl (C=O) groups is 1. The normalized spacial score (nSPS) is 9.93. The summed E-state index contributed by atoms with van der Waals surface area (Å²) in [5.74, 6) is -0.636. The first-order chi connectivity index (χ1) is 6.56. The molecule has 0 bridgehead atoms. The third kappa shape index (κ3) is 2.17. The van der Waals surface area contributed by atoms with Crippen LogP contribution in [0.3, 0.4) is 0 Å². The number of halogens is 1. The van der Waals surface area contributed by atoms with Gasteiger partial charge in [-0.3, -0.25) is 0 Å². The lowest BCUT2D eigenvalue weighted by molar-refractivity contribution is 0.0523. The Morgan fingerprint density at radius 3 is 2.79 bits per heavy atom. The van der Waals surface area contributed by atoms with Crippen LogP contribution in [-0.2, 0) is 4.74 Å². The van der Waals surface area contributed by atoms with Crippen LogP contribution in [0, 0.1) is 6.92 Å². The summed E-state index contributed by atoms with van der Waals surface area (Å²) in [5, 5.41) is 9.97. The smallest absolute Gasteiger partial charge is 0.341 e. The zero-order chi connectivity index (χ0) is 10.7. The van der Waals surface area contributed by atoms with Gasteiger partial charge in [0, 0.05) is 5.02 Å². The largest absolute Gasteiger partial charge is 0.507 e. The highest BCUT2D eigenvalue weighted by Crippen LogP contribution is 2.26. The first-order valence-corrected chi connectivity index (χ1v) is 4.60. The van der Waals surface area contributed by atoms with Crippen LogP contribution in [0.5, 0.6) is 5.75 Å². The van der Waals surface area contributed by atoms with Gasteiger partial charge in [0.2, 0.25) is 0 Å². The average molecular weight is 215 g/mol. The van der Waals surface area contributed by atoms with Gasteiger partial charge in [-0.25, -0.2) is 4.79 Å². The predicted molar refractivity (Wildman–Crippen MR) is 53.8 cm³/mol. The number of esters is 1. The lowest BCUT2D eigenvalue weighted by atomic mass is 10.1. The molecule has 0 aliphatic rings. The number of ether oxygens (including phenoxy) is 1. The molecule has 0 radical (unpaired) electrons. The van der Waals surface area contributed by atoms with Crippen LogP contribution in [0.1, 0.15) is 22.8 Å². The first-order valence-electron chi connectivity index (χ1n) is 4.22. The van der Waals surface area contributed by atoms with E-state index in [0.717, 1.165) is 0 Å². The van der Waals surface area contributed by atoms with Gasteiger partial charge >= 0.3 is 5.97 Å². The second-order valence-electron chi connectivity index (χ2n) is 2.84. The zero-order valence-corrected chi connectivity index (χ0v) is 8.76. The lowest BCUT2D eigenvalue weighted by Crippen LogP contribution is -2.05. The van der Waals surface area contributed by atoms with Crippen molar-refractivity contribution in [3.05, 3.63) is 28.3 Å². The van der Waals surface area contributed by atoms with Crippen LogP contribution < -0.4 is 0 Å². The van der Waals surface area contributed by atoms with Gasteiger partial charge in [-0.15, -0.1) is 0 Å². The summed E-state index contributed by atoms with van der Waals surface area (Å²) in [4.78, 5) is 11.3. The minimum atomic E-state index is -0.560. The summed E-state index contributed by atoms with van der Waals surface area (Å²) in [6.45, 7) is 3.64. The summed E-state index contributed by atoms with van der Waals surface area (Å²) < 4.78 is 4.76. The maximum Gasteiger partial charge on any atom is 0.341 e. The Kier molecular flexibility index (Phi) is 3.36. The number of aryl methyl sites for hydroxylation is 1. The Morgan fingerprint density at radius 2 is 2.21 bits per heavy atom. The Balaban J connectivity index is 3.13. The summed E-state index contributed by atoms with van der Waals surface area (Å²) in [6, 6.07) is 2.97. The first kappa shape index (κ1) is 10.9. The molecule has 0 spiro atoms. The number of hydrogen-bond acceptors (Lipinski definition) is 3. The van der Waals surface area contributed by atoms with Gasteiger partial charge < -0.3 is 9.84 Å². The van der Waals surface area contributed by atoms with E-state index < -0.39 is 5.97 Å². The fourth-order valence-corrected chi connectivity index (χ4v) is 1.37. The molecule has 76 valence electrons. The van der Waals surface area contributed by atoms with E-state index in [9.17, 15) is 9.90 Å².